The molecule has 2 aliphatic rings. The molecule has 0 aliphatic carbocycles. The van der Waals surface area contributed by atoms with Gasteiger partial charge in [-0.15, -0.1) is 22.0 Å². The van der Waals surface area contributed by atoms with E-state index in [0.29, 0.717) is 27.0 Å². The smallest absolute Gasteiger partial charge is 0.352 e. The van der Waals surface area contributed by atoms with Crippen LogP contribution in [0, 0.1) is 0 Å². The lowest BCUT2D eigenvalue weighted by Gasteiger charge is -2.49. The summed E-state index contributed by atoms with van der Waals surface area (Å²) in [6.07, 6.45) is 0.878. The maximum absolute atomic E-state index is 13.6. The van der Waals surface area contributed by atoms with Crippen molar-refractivity contribution < 1.29 is 38.9 Å². The molecular weight excluding hydrogens is 647 g/mol. The van der Waals surface area contributed by atoms with Crippen molar-refractivity contribution in [3.8, 4) is 11.5 Å². The van der Waals surface area contributed by atoms with E-state index in [0.717, 1.165) is 23.3 Å². The van der Waals surface area contributed by atoms with E-state index in [4.69, 9.17) is 4.42 Å². The third-order valence-corrected chi connectivity index (χ3v) is 10.3. The molecule has 14 nitrogen and oxygen atoms in total. The molecule has 4 heterocycles. The molecule has 1 saturated heterocycles. The van der Waals surface area contributed by atoms with Gasteiger partial charge in [-0.3, -0.25) is 24.1 Å². The van der Waals surface area contributed by atoms with Gasteiger partial charge in [0, 0.05) is 17.6 Å². The number of hydrogen-bond acceptors (Lipinski definition) is 13. The third kappa shape index (κ3) is 5.72. The summed E-state index contributed by atoms with van der Waals surface area (Å²) < 4.78 is 5.98. The number of carbonyl (C=O) groups excluding carboxylic acids is 3. The topological polar surface area (TPSA) is 212 Å². The monoisotopic (exact) mass is 667 g/mol. The summed E-state index contributed by atoms with van der Waals surface area (Å²) in [5.74, 6) is -4.12. The minimum atomic E-state index is -1.36. The molecule has 2 aromatic heterocycles. The zero-order valence-corrected chi connectivity index (χ0v) is 25.1. The number of aliphatic carboxylic acids is 1. The lowest BCUT2D eigenvalue weighted by Crippen LogP contribution is -2.71. The average molecular weight is 668 g/mol. The molecule has 6 rings (SSSR count). The van der Waals surface area contributed by atoms with Crippen LogP contribution in [-0.4, -0.2) is 77.0 Å². The molecule has 0 saturated carbocycles. The van der Waals surface area contributed by atoms with E-state index in [1.54, 1.807) is 35.8 Å². The summed E-state index contributed by atoms with van der Waals surface area (Å²) >= 11 is 3.93. The molecule has 0 bridgehead atoms. The quantitative estimate of drug-likeness (QED) is 0.0984. The Morgan fingerprint density at radius 3 is 2.60 bits per heavy atom. The molecule has 45 heavy (non-hydrogen) atoms. The molecule has 2 aliphatic heterocycles. The SMILES string of the molecule is O=C(O)C1=C(CSc2nncs2)CS[C@H]2[C@H](NC(=O)C(NC(=O)c3coc4cc(O)c(O)cc4c3=O)c3ccccc3)C(=O)N12. The highest BCUT2D eigenvalue weighted by Gasteiger charge is 2.54. The summed E-state index contributed by atoms with van der Waals surface area (Å²) in [6.45, 7) is 0. The Hall–Kier alpha value is -4.87. The molecule has 3 amide bonds. The van der Waals surface area contributed by atoms with Gasteiger partial charge in [0.25, 0.3) is 11.8 Å². The number of amides is 3. The number of phenolic OH excluding ortho intramolecular Hbond substituents is 2. The molecule has 1 fully saturated rings. The number of thioether (sulfide) groups is 2. The number of aromatic hydroxyl groups is 2. The van der Waals surface area contributed by atoms with Gasteiger partial charge in [-0.05, 0) is 17.2 Å². The second-order valence-electron chi connectivity index (χ2n) is 9.78. The first-order chi connectivity index (χ1) is 21.6. The van der Waals surface area contributed by atoms with Gasteiger partial charge in [-0.2, -0.15) is 0 Å². The standard InChI is InChI=1S/C28H21N5O9S3/c34-16-6-14-18(7-17(16)35)42-8-15(22(14)36)23(37)30-19(12-4-2-1-3-5-12)24(38)31-20-25(39)33-21(27(40)41)13(9-43-26(20)33)10-44-28-32-29-11-45-28/h1-8,11,19-20,26,34-35H,9-10H2,(H,30,37)(H,31,38)(H,40,41)/t19?,20-,26+/m1/s1. The Labute approximate surface area is 265 Å². The Morgan fingerprint density at radius 2 is 1.89 bits per heavy atom. The zero-order valence-electron chi connectivity index (χ0n) is 22.7. The fourth-order valence-corrected chi connectivity index (χ4v) is 7.84. The van der Waals surface area contributed by atoms with Crippen molar-refractivity contribution in [3.63, 3.8) is 0 Å². The molecule has 0 radical (unpaired) electrons. The highest BCUT2D eigenvalue weighted by Crippen LogP contribution is 2.42. The maximum Gasteiger partial charge on any atom is 0.352 e. The molecule has 0 spiro atoms. The Kier molecular flexibility index (Phi) is 8.22. The Balaban J connectivity index is 1.22. The largest absolute Gasteiger partial charge is 0.504 e. The van der Waals surface area contributed by atoms with Gasteiger partial charge < -0.3 is 30.4 Å². The lowest BCUT2D eigenvalue weighted by molar-refractivity contribution is -0.151. The van der Waals surface area contributed by atoms with Crippen LogP contribution in [0.25, 0.3) is 11.0 Å². The van der Waals surface area contributed by atoms with E-state index in [9.17, 15) is 39.3 Å². The second-order valence-corrected chi connectivity index (χ2v) is 12.9. The number of rotatable bonds is 9. The normalized spacial score (nSPS) is 18.2. The van der Waals surface area contributed by atoms with Crippen molar-refractivity contribution in [2.45, 2.75) is 21.8 Å². The van der Waals surface area contributed by atoms with Crippen LogP contribution < -0.4 is 16.1 Å². The van der Waals surface area contributed by atoms with Crippen LogP contribution in [0.15, 0.2) is 79.1 Å². The van der Waals surface area contributed by atoms with E-state index in [2.05, 4.69) is 20.8 Å². The first-order valence-electron chi connectivity index (χ1n) is 13.1. The predicted octanol–water partition coefficient (Wildman–Crippen LogP) is 2.06. The minimum absolute atomic E-state index is 0.0704. The van der Waals surface area contributed by atoms with Crippen molar-refractivity contribution in [2.24, 2.45) is 0 Å². The van der Waals surface area contributed by atoms with Crippen LogP contribution in [0.3, 0.4) is 0 Å². The lowest BCUT2D eigenvalue weighted by atomic mass is 10.0. The molecule has 3 atom stereocenters. The van der Waals surface area contributed by atoms with E-state index < -0.39 is 63.6 Å². The van der Waals surface area contributed by atoms with Gasteiger partial charge >= 0.3 is 5.97 Å². The maximum atomic E-state index is 13.6. The van der Waals surface area contributed by atoms with E-state index in [-0.39, 0.29) is 16.7 Å². The van der Waals surface area contributed by atoms with E-state index in [1.165, 1.54) is 34.9 Å². The second kappa shape index (κ2) is 12.3. The first kappa shape index (κ1) is 30.2. The molecule has 2 aromatic carbocycles. The highest BCUT2D eigenvalue weighted by atomic mass is 32.2. The summed E-state index contributed by atoms with van der Waals surface area (Å²) in [4.78, 5) is 66.5. The van der Waals surface area contributed by atoms with Crippen LogP contribution in [0.2, 0.25) is 0 Å². The van der Waals surface area contributed by atoms with Gasteiger partial charge in [0.05, 0.1) is 5.39 Å². The number of carboxylic acid groups (broad SMARTS) is 1. The van der Waals surface area contributed by atoms with Crippen molar-refractivity contribution in [2.75, 3.05) is 11.5 Å². The number of fused-ring (bicyclic) bond motifs is 2. The summed E-state index contributed by atoms with van der Waals surface area (Å²) in [7, 11) is 0. The molecule has 17 heteroatoms. The summed E-state index contributed by atoms with van der Waals surface area (Å²) in [6, 6.07) is 7.69. The molecule has 1 unspecified atom stereocenters. The van der Waals surface area contributed by atoms with Gasteiger partial charge in [-0.1, -0.05) is 53.4 Å². The molecule has 4 aromatic rings. The summed E-state index contributed by atoms with van der Waals surface area (Å²) in [5.41, 5.74) is 0.957. The van der Waals surface area contributed by atoms with Gasteiger partial charge in [0.15, 0.2) is 15.8 Å². The van der Waals surface area contributed by atoms with Crippen molar-refractivity contribution in [3.05, 3.63) is 86.9 Å². The van der Waals surface area contributed by atoms with Crippen LogP contribution in [-0.2, 0) is 14.4 Å². The van der Waals surface area contributed by atoms with Crippen molar-refractivity contribution >= 4 is 69.5 Å². The van der Waals surface area contributed by atoms with E-state index >= 15 is 0 Å². The van der Waals surface area contributed by atoms with Gasteiger partial charge in [-0.25, -0.2) is 4.79 Å². The third-order valence-electron chi connectivity index (χ3n) is 7.04. The number of phenols is 2. The number of carbonyl (C=O) groups is 4. The molecular formula is C28H21N5O9S3. The Bertz CT molecular complexity index is 1930. The summed E-state index contributed by atoms with van der Waals surface area (Å²) in [5, 5.41) is 41.5. The van der Waals surface area contributed by atoms with Gasteiger partial charge in [0.1, 0.15) is 46.1 Å². The zero-order chi connectivity index (χ0) is 31.8. The Morgan fingerprint density at radius 1 is 1.13 bits per heavy atom. The fourth-order valence-electron chi connectivity index (χ4n) is 4.87. The average Bonchev–Trinajstić information content (AvgIpc) is 3.56. The van der Waals surface area contributed by atoms with Crippen LogP contribution >= 0.6 is 34.9 Å². The van der Waals surface area contributed by atoms with E-state index in [1.807, 2.05) is 0 Å². The number of nitrogens with one attached hydrogen (secondary N) is 2. The number of carboxylic acids is 1. The number of aromatic nitrogens is 2. The number of nitrogens with zero attached hydrogens (tertiary/aromatic N) is 3. The predicted molar refractivity (Wildman–Crippen MR) is 163 cm³/mol. The first-order valence-corrected chi connectivity index (χ1v) is 16.0. The number of β-lactam (4-membered cyclic amide) rings is 1. The van der Waals surface area contributed by atoms with Crippen molar-refractivity contribution in [1.82, 2.24) is 25.7 Å². The number of hydrogen-bond donors (Lipinski definition) is 5. The van der Waals surface area contributed by atoms with Crippen LogP contribution in [0.4, 0.5) is 0 Å². The fraction of sp³-hybridized carbons (Fsp3) is 0.179. The van der Waals surface area contributed by atoms with Gasteiger partial charge in [0.2, 0.25) is 11.3 Å². The van der Waals surface area contributed by atoms with Crippen LogP contribution in [0.5, 0.6) is 11.5 Å². The molecule has 5 N–H and O–H groups in total. The number of benzene rings is 2. The highest BCUT2D eigenvalue weighted by molar-refractivity contribution is 8.01. The minimum Gasteiger partial charge on any atom is -0.504 e. The van der Waals surface area contributed by atoms with Crippen LogP contribution in [0.1, 0.15) is 22.0 Å². The van der Waals surface area contributed by atoms with Crippen molar-refractivity contribution in [1.29, 1.82) is 0 Å². The molecule has 230 valence electrons.